The Kier molecular flexibility index (Phi) is 34.8. The molecule has 8 aliphatic rings. The van der Waals surface area contributed by atoms with Crippen molar-refractivity contribution < 1.29 is 69.1 Å². The van der Waals surface area contributed by atoms with E-state index in [-0.39, 0.29) is 66.1 Å². The second kappa shape index (κ2) is 42.9. The third-order valence-electron chi connectivity index (χ3n) is 23.1. The molecule has 4 aromatic heterocycles. The Morgan fingerprint density at radius 1 is 0.496 bits per heavy atom. The van der Waals surface area contributed by atoms with Gasteiger partial charge in [-0.05, 0) is 267 Å². The van der Waals surface area contributed by atoms with E-state index in [1.54, 1.807) is 0 Å². The van der Waals surface area contributed by atoms with Crippen LogP contribution in [0.3, 0.4) is 0 Å². The van der Waals surface area contributed by atoms with Crippen LogP contribution < -0.4 is 51.2 Å². The van der Waals surface area contributed by atoms with Gasteiger partial charge >= 0.3 is 24.8 Å². The fraction of sp³-hybridized carbons (Fsp3) is 0.558. The topological polar surface area (TPSA) is 271 Å². The van der Waals surface area contributed by atoms with Crippen molar-refractivity contribution in [1.82, 2.24) is 30.2 Å². The number of pyridine rings is 4. The van der Waals surface area contributed by atoms with Gasteiger partial charge in [0.05, 0.1) is 41.9 Å². The molecule has 113 heavy (non-hydrogen) atoms. The summed E-state index contributed by atoms with van der Waals surface area (Å²) in [7, 11) is 4.36. The SMILES string of the molecule is CC1(C)COC2(CCC(=O)CC2)OO1.CCOC(=O)CC1CCC(Nc2ccnc3cc(Cl)ccc23)CC1.CN(C1CCC(Nc2ccnc3cc(Cl)ccc23)CC1)C1CCC2(CC1)OCC(C)(C)OO2.CNC1CCC(Nc2ccnc3cc(Cl)ccc23)CC1.NC1CCC(Nc2ccnc3cc(Cl)ccc23)CC1.O.[AlH3].[H-].[Li+]. The van der Waals surface area contributed by atoms with E-state index in [4.69, 9.17) is 85.9 Å². The summed E-state index contributed by atoms with van der Waals surface area (Å²) in [5.74, 6) is -0.510. The van der Waals surface area contributed by atoms with Gasteiger partial charge in [-0.25, -0.2) is 19.6 Å². The molecule has 2 spiro atoms. The first-order chi connectivity index (χ1) is 53.0. The number of fused-ring (bicyclic) bond motifs is 4. The molecule has 0 bridgehead atoms. The van der Waals surface area contributed by atoms with Crippen molar-refractivity contribution in [1.29, 1.82) is 0 Å². The molecule has 0 radical (unpaired) electrons. The van der Waals surface area contributed by atoms with Crippen LogP contribution >= 0.6 is 46.4 Å². The zero-order valence-electron chi connectivity index (χ0n) is 67.5. The number of carbonyl (C=O) groups is 2. The van der Waals surface area contributed by atoms with Gasteiger partial charge < -0.3 is 58.3 Å². The molecule has 6 saturated carbocycles. The van der Waals surface area contributed by atoms with Crippen molar-refractivity contribution in [3.63, 3.8) is 0 Å². The number of halogens is 4. The van der Waals surface area contributed by atoms with Crippen molar-refractivity contribution in [3.8, 4) is 0 Å². The van der Waals surface area contributed by atoms with E-state index in [0.717, 1.165) is 153 Å². The van der Waals surface area contributed by atoms with E-state index >= 15 is 0 Å². The molecule has 21 nitrogen and oxygen atoms in total. The standard InChI is InChI=1S/C26H36ClN3O3.C19H23ClN2O2.C16H20ClN3.C15H18ClN3.C10H16O4.Al.Li.H2O.4H/c1-25(2)17-31-26(33-32-25)13-10-21(11-14-26)30(3)20-7-5-19(6-8-20)29-23-12-15-28-24-16-18(27)4-9-22(23)24;1-2-24-19(23)11-13-3-6-15(7-4-13)22-17-9-10-21-18-12-14(20)5-8-16(17)18;1-18-12-3-5-13(6-4-12)20-15-8-9-19-16-10-11(17)2-7-14(15)16;16-10-1-6-13-14(7-8-18-15(13)9-10)19-12-4-2-11(17)3-5-12;1-9(2)7-12-10(14-13-9)5-3-8(11)4-6-10;;;;;;;/h4,9,12,15-16,19-21H,5-8,10-11,13-14,17H2,1-3H3,(H,28,29);5,8-10,12-13,15H,2-4,6-7,11H2,1H3,(H,21,22);2,7-10,12-13,18H,3-6H2,1H3,(H,19,20);1,6-9,11-12H,2-5,17H2,(H,18,19);3-7H2,1-2H3;;;1H2;;;;/q;;;;;;+1;;;;;-1. The minimum absolute atomic E-state index is 0. The largest absolute Gasteiger partial charge is 1.00 e. The maximum Gasteiger partial charge on any atom is 1.00 e. The molecule has 0 unspecified atom stereocenters. The zero-order chi connectivity index (χ0) is 77.4. The summed E-state index contributed by atoms with van der Waals surface area (Å²) < 4.78 is 16.8. The third kappa shape index (κ3) is 26.1. The Morgan fingerprint density at radius 3 is 1.17 bits per heavy atom. The molecule has 2 saturated heterocycles. The molecule has 0 atom stereocenters. The number of ether oxygens (including phenoxy) is 3. The first kappa shape index (κ1) is 91.6. The second-order valence-electron chi connectivity index (χ2n) is 32.5. The smallest absolute Gasteiger partial charge is 1.00 e. The third-order valence-corrected chi connectivity index (χ3v) is 24.1. The number of nitrogens with two attached hydrogens (primary N) is 1. The van der Waals surface area contributed by atoms with E-state index in [2.05, 4.69) is 83.7 Å². The average Bonchev–Trinajstić information content (AvgIpc) is 0.801. The molecule has 0 amide bonds. The van der Waals surface area contributed by atoms with Gasteiger partial charge in [-0.15, -0.1) is 0 Å². The Labute approximate surface area is 711 Å². The predicted molar refractivity (Wildman–Crippen MR) is 458 cm³/mol. The number of anilines is 4. The number of nitrogens with one attached hydrogen (secondary N) is 5. The van der Waals surface area contributed by atoms with Gasteiger partial charge in [-0.1, -0.05) is 46.4 Å². The Hall–Kier alpha value is -5.25. The van der Waals surface area contributed by atoms with Crippen LogP contribution in [0.15, 0.2) is 122 Å². The zero-order valence-corrected chi connectivity index (χ0v) is 69.6. The van der Waals surface area contributed by atoms with Gasteiger partial charge in [0.15, 0.2) is 17.4 Å². The molecule has 8 aromatic rings. The number of hydrogen-bond donors (Lipinski definition) is 6. The van der Waals surface area contributed by atoms with Gasteiger partial charge in [-0.2, -0.15) is 0 Å². The average molecular weight is 1640 g/mol. The maximum absolute atomic E-state index is 11.6. The molecule has 27 heteroatoms. The molecule has 6 aliphatic carbocycles. The second-order valence-corrected chi connectivity index (χ2v) is 34.3. The quantitative estimate of drug-likeness (QED) is 0.0335. The summed E-state index contributed by atoms with van der Waals surface area (Å²) in [5, 5.41) is 25.5. The van der Waals surface area contributed by atoms with Crippen molar-refractivity contribution in [2.24, 2.45) is 11.7 Å². The fourth-order valence-electron chi connectivity index (χ4n) is 16.4. The van der Waals surface area contributed by atoms with Gasteiger partial charge in [-0.3, -0.25) is 29.5 Å². The van der Waals surface area contributed by atoms with Crippen LogP contribution in [-0.2, 0) is 43.3 Å². The van der Waals surface area contributed by atoms with Crippen LogP contribution in [0.25, 0.3) is 43.6 Å². The van der Waals surface area contributed by atoms with Crippen LogP contribution in [0.4, 0.5) is 22.7 Å². The van der Waals surface area contributed by atoms with Crippen LogP contribution in [0, 0.1) is 5.92 Å². The summed E-state index contributed by atoms with van der Waals surface area (Å²) in [6, 6.07) is 35.9. The number of aromatic nitrogens is 4. The Bertz CT molecular complexity index is 4320. The maximum atomic E-state index is 11.6. The summed E-state index contributed by atoms with van der Waals surface area (Å²) in [4.78, 5) is 64.8. The van der Waals surface area contributed by atoms with Crippen LogP contribution in [0.1, 0.15) is 197 Å². The number of esters is 1. The Balaban J connectivity index is 0.000000182. The van der Waals surface area contributed by atoms with E-state index < -0.39 is 11.6 Å². The van der Waals surface area contributed by atoms with Crippen molar-refractivity contribution in [3.05, 3.63) is 142 Å². The summed E-state index contributed by atoms with van der Waals surface area (Å²) in [5.41, 5.74) is 13.5. The number of carbonyl (C=O) groups excluding carboxylic acids is 2. The monoisotopic (exact) mass is 1640 g/mol. The minimum Gasteiger partial charge on any atom is -1.00 e. The minimum atomic E-state index is -0.649. The number of rotatable bonds is 14. The van der Waals surface area contributed by atoms with E-state index in [1.165, 1.54) is 57.1 Å². The van der Waals surface area contributed by atoms with Crippen molar-refractivity contribution in [2.45, 2.75) is 266 Å². The summed E-state index contributed by atoms with van der Waals surface area (Å²) >= 11 is 24.2. The molecular weight excluding hydrogens is 1520 g/mol. The molecule has 16 rings (SSSR count). The summed E-state index contributed by atoms with van der Waals surface area (Å²) in [6.45, 7) is 11.2. The molecule has 610 valence electrons. The number of Topliss-reactive ketones (excluding diaryl/α,β-unsaturated/α-hetero) is 1. The van der Waals surface area contributed by atoms with Gasteiger partial charge in [0.25, 0.3) is 0 Å². The fourth-order valence-corrected chi connectivity index (χ4v) is 17.1. The molecule has 4 aromatic carbocycles. The van der Waals surface area contributed by atoms with Crippen molar-refractivity contribution >= 4 is 142 Å². The number of benzene rings is 4. The van der Waals surface area contributed by atoms with Crippen LogP contribution in [-0.4, -0.2) is 164 Å². The molecule has 2 aliphatic heterocycles. The normalized spacial score (nSPS) is 25.6. The van der Waals surface area contributed by atoms with Crippen molar-refractivity contribution in [2.75, 3.05) is 55.2 Å². The van der Waals surface area contributed by atoms with Gasteiger partial charge in [0, 0.05) is 182 Å². The van der Waals surface area contributed by atoms with E-state index in [1.807, 2.05) is 138 Å². The van der Waals surface area contributed by atoms with Gasteiger partial charge in [0.1, 0.15) is 17.0 Å². The number of hydrogen-bond acceptors (Lipinski definition) is 20. The Morgan fingerprint density at radius 2 is 0.823 bits per heavy atom. The molecule has 6 heterocycles. The van der Waals surface area contributed by atoms with E-state index in [0.29, 0.717) is 111 Å². The first-order valence-electron chi connectivity index (χ1n) is 40.0. The molecule has 8 fully saturated rings. The first-order valence-corrected chi connectivity index (χ1v) is 41.6. The number of ketones is 1. The number of nitrogens with zero attached hydrogens (tertiary/aromatic N) is 5. The summed E-state index contributed by atoms with van der Waals surface area (Å²) in [6.07, 6.45) is 32.6. The van der Waals surface area contributed by atoms with Gasteiger partial charge in [0.2, 0.25) is 11.6 Å². The molecular formula is C86H119AlCl4LiN11O10. The van der Waals surface area contributed by atoms with Crippen LogP contribution in [0.2, 0.25) is 20.1 Å². The predicted octanol–water partition coefficient (Wildman–Crippen LogP) is 14.8. The molecule has 9 N–H and O–H groups in total. The van der Waals surface area contributed by atoms with E-state index in [9.17, 15) is 9.59 Å². The van der Waals surface area contributed by atoms with Crippen LogP contribution in [0.5, 0.6) is 0 Å².